The Balaban J connectivity index is 0.00000261. The Labute approximate surface area is 169 Å². The van der Waals surface area contributed by atoms with Crippen LogP contribution in [0.25, 0.3) is 0 Å². The predicted molar refractivity (Wildman–Crippen MR) is 110 cm³/mol. The van der Waals surface area contributed by atoms with E-state index in [1.165, 1.54) is 0 Å². The van der Waals surface area contributed by atoms with Crippen molar-refractivity contribution in [3.05, 3.63) is 29.8 Å². The minimum Gasteiger partial charge on any atom is -0.339 e. The first kappa shape index (κ1) is 22.2. The second-order valence-corrected chi connectivity index (χ2v) is 9.75. The van der Waals surface area contributed by atoms with Gasteiger partial charge < -0.3 is 10.2 Å². The van der Waals surface area contributed by atoms with Crippen molar-refractivity contribution in [3.8, 4) is 0 Å². The molecule has 0 atom stereocenters. The number of halogens is 1. The van der Waals surface area contributed by atoms with Gasteiger partial charge in [0.05, 0.1) is 10.1 Å². The molecule has 5 nitrogen and oxygen atoms in total. The normalized spacial score (nSPS) is 19.1. The van der Waals surface area contributed by atoms with Gasteiger partial charge in [-0.2, -0.15) is 0 Å². The van der Waals surface area contributed by atoms with Gasteiger partial charge in [0.1, 0.15) is 0 Å². The summed E-state index contributed by atoms with van der Waals surface area (Å²) in [5.74, 6) is 0.648. The van der Waals surface area contributed by atoms with Gasteiger partial charge in [0.15, 0.2) is 9.84 Å². The first-order valence-electron chi connectivity index (χ1n) is 9.86. The summed E-state index contributed by atoms with van der Waals surface area (Å²) >= 11 is 0. The van der Waals surface area contributed by atoms with E-state index in [0.717, 1.165) is 64.7 Å². The van der Waals surface area contributed by atoms with E-state index in [1.54, 1.807) is 24.3 Å². The van der Waals surface area contributed by atoms with Crippen molar-refractivity contribution in [2.75, 3.05) is 26.2 Å². The Bertz CT molecular complexity index is 707. The fraction of sp³-hybridized carbons (Fsp3) is 0.650. The molecule has 1 heterocycles. The minimum absolute atomic E-state index is 0. The number of amides is 1. The topological polar surface area (TPSA) is 66.5 Å². The zero-order valence-electron chi connectivity index (χ0n) is 16.0. The number of hydrogen-bond acceptors (Lipinski definition) is 4. The smallest absolute Gasteiger partial charge is 0.253 e. The van der Waals surface area contributed by atoms with Crippen LogP contribution >= 0.6 is 12.4 Å². The van der Waals surface area contributed by atoms with Crippen LogP contribution in [0.5, 0.6) is 0 Å². The van der Waals surface area contributed by atoms with Crippen molar-refractivity contribution in [2.24, 2.45) is 5.92 Å². The van der Waals surface area contributed by atoms with Crippen molar-refractivity contribution >= 4 is 28.2 Å². The molecule has 0 radical (unpaired) electrons. The summed E-state index contributed by atoms with van der Waals surface area (Å²) in [5, 5.41) is 3.13. The standard InChI is InChI=1S/C20H30N2O3S.ClH/c1-2-21-15-16-11-13-22(14-12-16)20(23)17-7-9-19(10-8-17)26(24,25)18-5-3-4-6-18;/h7-10,16,18,21H,2-6,11-15H2,1H3;1H. The average molecular weight is 415 g/mol. The zero-order chi connectivity index (χ0) is 18.6. The van der Waals surface area contributed by atoms with Gasteiger partial charge in [0, 0.05) is 18.7 Å². The lowest BCUT2D eigenvalue weighted by Crippen LogP contribution is -2.40. The number of piperidine rings is 1. The predicted octanol–water partition coefficient (Wildman–Crippen LogP) is 3.29. The number of sulfone groups is 1. The molecule has 1 saturated carbocycles. The van der Waals surface area contributed by atoms with Gasteiger partial charge in [-0.15, -0.1) is 12.4 Å². The van der Waals surface area contributed by atoms with Crippen molar-refractivity contribution in [1.82, 2.24) is 10.2 Å². The molecule has 2 fully saturated rings. The molecule has 2 aliphatic rings. The summed E-state index contributed by atoms with van der Waals surface area (Å²) in [5.41, 5.74) is 0.584. The third-order valence-electron chi connectivity index (χ3n) is 5.76. The molecule has 3 rings (SSSR count). The van der Waals surface area contributed by atoms with Gasteiger partial charge in [-0.25, -0.2) is 8.42 Å². The molecule has 1 amide bonds. The molecule has 27 heavy (non-hydrogen) atoms. The van der Waals surface area contributed by atoms with Gasteiger partial charge in [-0.1, -0.05) is 19.8 Å². The molecule has 1 saturated heterocycles. The molecule has 0 aromatic heterocycles. The van der Waals surface area contributed by atoms with E-state index < -0.39 is 9.84 Å². The van der Waals surface area contributed by atoms with Gasteiger partial charge >= 0.3 is 0 Å². The molecule has 7 heteroatoms. The summed E-state index contributed by atoms with van der Waals surface area (Å²) in [6.45, 7) is 5.66. The number of rotatable bonds is 6. The van der Waals surface area contributed by atoms with Gasteiger partial charge in [-0.3, -0.25) is 4.79 Å². The number of likely N-dealkylation sites (tertiary alicyclic amines) is 1. The van der Waals surface area contributed by atoms with Crippen molar-refractivity contribution in [1.29, 1.82) is 0 Å². The Hall–Kier alpha value is -1.11. The van der Waals surface area contributed by atoms with Crippen LogP contribution in [0.1, 0.15) is 55.8 Å². The van der Waals surface area contributed by atoms with Gasteiger partial charge in [0.25, 0.3) is 5.91 Å². The van der Waals surface area contributed by atoms with E-state index in [2.05, 4.69) is 12.2 Å². The average Bonchev–Trinajstić information content (AvgIpc) is 3.22. The third kappa shape index (κ3) is 5.24. The Kier molecular flexibility index (Phi) is 8.13. The van der Waals surface area contributed by atoms with Gasteiger partial charge in [0.2, 0.25) is 0 Å². The highest BCUT2D eigenvalue weighted by Crippen LogP contribution is 2.29. The lowest BCUT2D eigenvalue weighted by molar-refractivity contribution is 0.0690. The van der Waals surface area contributed by atoms with Crippen molar-refractivity contribution in [2.45, 2.75) is 55.6 Å². The van der Waals surface area contributed by atoms with E-state index in [0.29, 0.717) is 16.4 Å². The Morgan fingerprint density at radius 2 is 1.67 bits per heavy atom. The van der Waals surface area contributed by atoms with Crippen molar-refractivity contribution < 1.29 is 13.2 Å². The number of benzene rings is 1. The summed E-state index contributed by atoms with van der Waals surface area (Å²) in [4.78, 5) is 14.9. The number of hydrogen-bond donors (Lipinski definition) is 1. The lowest BCUT2D eigenvalue weighted by atomic mass is 9.96. The van der Waals surface area contributed by atoms with Crippen LogP contribution in [0, 0.1) is 5.92 Å². The monoisotopic (exact) mass is 414 g/mol. The molecular weight excluding hydrogens is 384 g/mol. The SMILES string of the molecule is CCNCC1CCN(C(=O)c2ccc(S(=O)(=O)C3CCCC3)cc2)CC1.Cl. The zero-order valence-corrected chi connectivity index (χ0v) is 17.7. The molecular formula is C20H31ClN2O3S. The highest BCUT2D eigenvalue weighted by Gasteiger charge is 2.30. The van der Waals surface area contributed by atoms with Crippen LogP contribution < -0.4 is 5.32 Å². The quantitative estimate of drug-likeness (QED) is 0.775. The Morgan fingerprint density at radius 1 is 1.07 bits per heavy atom. The maximum atomic E-state index is 12.7. The van der Waals surface area contributed by atoms with Crippen molar-refractivity contribution in [3.63, 3.8) is 0 Å². The largest absolute Gasteiger partial charge is 0.339 e. The molecule has 1 aliphatic heterocycles. The molecule has 0 spiro atoms. The number of nitrogens with one attached hydrogen (secondary N) is 1. The molecule has 1 aromatic carbocycles. The van der Waals surface area contributed by atoms with Crippen LogP contribution in [-0.2, 0) is 9.84 Å². The summed E-state index contributed by atoms with van der Waals surface area (Å²) in [7, 11) is -3.25. The van der Waals surface area contributed by atoms with E-state index in [9.17, 15) is 13.2 Å². The molecule has 0 unspecified atom stereocenters. The fourth-order valence-corrected chi connectivity index (χ4v) is 5.90. The Morgan fingerprint density at radius 3 is 2.22 bits per heavy atom. The minimum atomic E-state index is -3.25. The number of carbonyl (C=O) groups excluding carboxylic acids is 1. The maximum absolute atomic E-state index is 12.7. The van der Waals surface area contributed by atoms with E-state index in [1.807, 2.05) is 4.90 Å². The van der Waals surface area contributed by atoms with Crippen LogP contribution in [0.2, 0.25) is 0 Å². The second-order valence-electron chi connectivity index (χ2n) is 7.52. The number of carbonyl (C=O) groups is 1. The summed E-state index contributed by atoms with van der Waals surface area (Å²) in [6.07, 6.45) is 5.53. The van der Waals surface area contributed by atoms with Crippen LogP contribution in [0.4, 0.5) is 0 Å². The molecule has 1 aliphatic carbocycles. The summed E-state index contributed by atoms with van der Waals surface area (Å²) in [6, 6.07) is 6.57. The maximum Gasteiger partial charge on any atom is 0.253 e. The molecule has 1 N–H and O–H groups in total. The van der Waals surface area contributed by atoms with Gasteiger partial charge in [-0.05, 0) is 69.0 Å². The molecule has 1 aromatic rings. The lowest BCUT2D eigenvalue weighted by Gasteiger charge is -2.32. The second kappa shape index (κ2) is 9.89. The first-order chi connectivity index (χ1) is 12.5. The highest BCUT2D eigenvalue weighted by atomic mass is 35.5. The van der Waals surface area contributed by atoms with Crippen LogP contribution in [-0.4, -0.2) is 50.7 Å². The van der Waals surface area contributed by atoms with Crippen LogP contribution in [0.15, 0.2) is 29.2 Å². The fourth-order valence-electron chi connectivity index (χ4n) is 4.05. The first-order valence-corrected chi connectivity index (χ1v) is 11.4. The van der Waals surface area contributed by atoms with E-state index in [4.69, 9.17) is 0 Å². The third-order valence-corrected chi connectivity index (χ3v) is 8.03. The highest BCUT2D eigenvalue weighted by molar-refractivity contribution is 7.92. The summed E-state index contributed by atoms with van der Waals surface area (Å²) < 4.78 is 25.3. The number of nitrogens with zero attached hydrogens (tertiary/aromatic N) is 1. The molecule has 0 bridgehead atoms. The molecule has 152 valence electrons. The van der Waals surface area contributed by atoms with E-state index >= 15 is 0 Å². The van der Waals surface area contributed by atoms with Crippen LogP contribution in [0.3, 0.4) is 0 Å². The van der Waals surface area contributed by atoms with E-state index in [-0.39, 0.29) is 23.6 Å².